The van der Waals surface area contributed by atoms with Gasteiger partial charge in [-0.3, -0.25) is 9.69 Å². The number of thioether (sulfide) groups is 1. The number of carbonyl (C=O) groups excluding carboxylic acids is 1. The molecule has 1 aromatic heterocycles. The lowest BCUT2D eigenvalue weighted by molar-refractivity contribution is -0.118. The predicted molar refractivity (Wildman–Crippen MR) is 94.9 cm³/mol. The van der Waals surface area contributed by atoms with Crippen LogP contribution in [-0.2, 0) is 17.9 Å². The maximum atomic E-state index is 11.5. The lowest BCUT2D eigenvalue weighted by Crippen LogP contribution is -2.22. The molecule has 1 saturated heterocycles. The molecule has 6 nitrogen and oxygen atoms in total. The summed E-state index contributed by atoms with van der Waals surface area (Å²) in [6.07, 6.45) is 2.51. The summed E-state index contributed by atoms with van der Waals surface area (Å²) in [5.74, 6) is 1.32. The summed E-state index contributed by atoms with van der Waals surface area (Å²) in [6, 6.07) is 10.3. The molecule has 1 aromatic carbocycles. The first-order valence-electron chi connectivity index (χ1n) is 8.28. The number of carbonyl (C=O) groups is 1. The second-order valence-corrected chi connectivity index (χ2v) is 6.86. The van der Waals surface area contributed by atoms with Crippen molar-refractivity contribution in [2.45, 2.75) is 31.1 Å². The van der Waals surface area contributed by atoms with Gasteiger partial charge >= 0.3 is 0 Å². The number of benzene rings is 1. The molecule has 1 fully saturated rings. The monoisotopic (exact) mass is 345 g/mol. The summed E-state index contributed by atoms with van der Waals surface area (Å²) in [7, 11) is 1.65. The molecule has 0 unspecified atom stereocenters. The van der Waals surface area contributed by atoms with Crippen molar-refractivity contribution in [1.82, 2.24) is 25.0 Å². The van der Waals surface area contributed by atoms with Gasteiger partial charge in [0.05, 0.1) is 18.8 Å². The molecule has 7 heteroatoms. The van der Waals surface area contributed by atoms with Crippen molar-refractivity contribution in [1.29, 1.82) is 0 Å². The van der Waals surface area contributed by atoms with Gasteiger partial charge in [-0.25, -0.2) is 0 Å². The van der Waals surface area contributed by atoms with E-state index in [1.165, 1.54) is 30.2 Å². The molecular weight excluding hydrogens is 322 g/mol. The molecule has 2 aromatic rings. The molecular formula is C17H23N5OS. The van der Waals surface area contributed by atoms with Gasteiger partial charge in [-0.1, -0.05) is 42.1 Å². The molecule has 0 spiro atoms. The maximum Gasteiger partial charge on any atom is 0.230 e. The van der Waals surface area contributed by atoms with E-state index in [9.17, 15) is 4.79 Å². The second-order valence-electron chi connectivity index (χ2n) is 5.92. The third-order valence-corrected chi connectivity index (χ3v) is 5.12. The summed E-state index contributed by atoms with van der Waals surface area (Å²) in [4.78, 5) is 14.0. The van der Waals surface area contributed by atoms with Crippen molar-refractivity contribution in [3.63, 3.8) is 0 Å². The smallest absolute Gasteiger partial charge is 0.230 e. The number of amides is 1. The topological polar surface area (TPSA) is 63.1 Å². The van der Waals surface area contributed by atoms with Crippen LogP contribution in [0.15, 0.2) is 35.5 Å². The fourth-order valence-electron chi connectivity index (χ4n) is 2.81. The number of likely N-dealkylation sites (tertiary alicyclic amines) is 1. The maximum absolute atomic E-state index is 11.5. The Balaban J connectivity index is 1.79. The number of nitrogens with one attached hydrogen (secondary N) is 1. The zero-order valence-corrected chi connectivity index (χ0v) is 14.8. The van der Waals surface area contributed by atoms with Crippen LogP contribution in [0.2, 0.25) is 0 Å². The Labute approximate surface area is 146 Å². The Hall–Kier alpha value is -1.86. The molecule has 0 bridgehead atoms. The summed E-state index contributed by atoms with van der Waals surface area (Å²) in [5, 5.41) is 12.2. The zero-order chi connectivity index (χ0) is 16.8. The number of aromatic nitrogens is 3. The van der Waals surface area contributed by atoms with Crippen LogP contribution in [-0.4, -0.2) is 51.5 Å². The van der Waals surface area contributed by atoms with E-state index in [0.717, 1.165) is 37.2 Å². The van der Waals surface area contributed by atoms with Crippen LogP contribution < -0.4 is 5.32 Å². The molecule has 0 atom stereocenters. The van der Waals surface area contributed by atoms with E-state index in [0.29, 0.717) is 5.75 Å². The van der Waals surface area contributed by atoms with Gasteiger partial charge < -0.3 is 9.88 Å². The van der Waals surface area contributed by atoms with Gasteiger partial charge in [0.25, 0.3) is 0 Å². The predicted octanol–water partition coefficient (Wildman–Crippen LogP) is 1.76. The highest BCUT2D eigenvalue weighted by Crippen LogP contribution is 2.20. The highest BCUT2D eigenvalue weighted by atomic mass is 32.2. The Kier molecular flexibility index (Phi) is 5.87. The minimum atomic E-state index is -0.00430. The Morgan fingerprint density at radius 3 is 2.62 bits per heavy atom. The molecule has 128 valence electrons. The van der Waals surface area contributed by atoms with Gasteiger partial charge in [0, 0.05) is 7.05 Å². The standard InChI is InChI=1S/C17H23N5OS/c1-18-16(23)13-24-17-20-19-15(12-21-9-5-6-10-21)22(17)11-14-7-3-2-4-8-14/h2-4,7-8H,5-6,9-13H2,1H3,(H,18,23). The van der Waals surface area contributed by atoms with E-state index >= 15 is 0 Å². The minimum absolute atomic E-state index is 0.00430. The van der Waals surface area contributed by atoms with E-state index in [1.807, 2.05) is 18.2 Å². The SMILES string of the molecule is CNC(=O)CSc1nnc(CN2CCCC2)n1Cc1ccccc1. The van der Waals surface area contributed by atoms with Crippen molar-refractivity contribution in [2.24, 2.45) is 0 Å². The molecule has 1 N–H and O–H groups in total. The largest absolute Gasteiger partial charge is 0.358 e. The fourth-order valence-corrected chi connectivity index (χ4v) is 3.64. The van der Waals surface area contributed by atoms with E-state index in [2.05, 4.69) is 37.1 Å². The first-order chi connectivity index (χ1) is 11.8. The summed E-state index contributed by atoms with van der Waals surface area (Å²) >= 11 is 1.44. The molecule has 0 saturated carbocycles. The Morgan fingerprint density at radius 1 is 1.17 bits per heavy atom. The van der Waals surface area contributed by atoms with Crippen molar-refractivity contribution in [3.8, 4) is 0 Å². The van der Waals surface area contributed by atoms with Crippen LogP contribution in [0, 0.1) is 0 Å². The fraction of sp³-hybridized carbons (Fsp3) is 0.471. The quantitative estimate of drug-likeness (QED) is 0.775. The average molecular weight is 345 g/mol. The lowest BCUT2D eigenvalue weighted by Gasteiger charge is -2.16. The summed E-state index contributed by atoms with van der Waals surface area (Å²) in [6.45, 7) is 3.80. The van der Waals surface area contributed by atoms with Crippen LogP contribution in [0.4, 0.5) is 0 Å². The number of hydrogen-bond acceptors (Lipinski definition) is 5. The van der Waals surface area contributed by atoms with Crippen molar-refractivity contribution in [2.75, 3.05) is 25.9 Å². The Bertz CT molecular complexity index is 667. The third kappa shape index (κ3) is 4.36. The third-order valence-electron chi connectivity index (χ3n) is 4.15. The van der Waals surface area contributed by atoms with E-state index in [-0.39, 0.29) is 5.91 Å². The van der Waals surface area contributed by atoms with Crippen molar-refractivity contribution < 1.29 is 4.79 Å². The van der Waals surface area contributed by atoms with Crippen LogP contribution in [0.3, 0.4) is 0 Å². The normalized spacial score (nSPS) is 14.9. The molecule has 0 aliphatic carbocycles. The van der Waals surface area contributed by atoms with Crippen LogP contribution in [0.1, 0.15) is 24.2 Å². The molecule has 3 rings (SSSR count). The van der Waals surface area contributed by atoms with Crippen molar-refractivity contribution >= 4 is 17.7 Å². The number of rotatable bonds is 7. The number of nitrogens with zero attached hydrogens (tertiary/aromatic N) is 4. The van der Waals surface area contributed by atoms with E-state index in [4.69, 9.17) is 0 Å². The highest BCUT2D eigenvalue weighted by Gasteiger charge is 2.19. The lowest BCUT2D eigenvalue weighted by atomic mass is 10.2. The van der Waals surface area contributed by atoms with Gasteiger partial charge in [-0.05, 0) is 31.5 Å². The minimum Gasteiger partial charge on any atom is -0.358 e. The molecule has 2 heterocycles. The van der Waals surface area contributed by atoms with Gasteiger partial charge in [-0.2, -0.15) is 0 Å². The second kappa shape index (κ2) is 8.30. The zero-order valence-electron chi connectivity index (χ0n) is 13.9. The van der Waals surface area contributed by atoms with Crippen LogP contribution >= 0.6 is 11.8 Å². The van der Waals surface area contributed by atoms with Crippen molar-refractivity contribution in [3.05, 3.63) is 41.7 Å². The molecule has 1 aliphatic rings. The summed E-state index contributed by atoms with van der Waals surface area (Å²) < 4.78 is 2.14. The first kappa shape index (κ1) is 17.0. The highest BCUT2D eigenvalue weighted by molar-refractivity contribution is 7.99. The Morgan fingerprint density at radius 2 is 1.92 bits per heavy atom. The summed E-state index contributed by atoms with van der Waals surface area (Å²) in [5.41, 5.74) is 1.21. The molecule has 1 amide bonds. The van der Waals surface area contributed by atoms with Crippen LogP contribution in [0.25, 0.3) is 0 Å². The van der Waals surface area contributed by atoms with Gasteiger partial charge in [-0.15, -0.1) is 10.2 Å². The van der Waals surface area contributed by atoms with Gasteiger partial charge in [0.2, 0.25) is 5.91 Å². The molecule has 0 radical (unpaired) electrons. The average Bonchev–Trinajstić information content (AvgIpc) is 3.25. The molecule has 1 aliphatic heterocycles. The van der Waals surface area contributed by atoms with E-state index < -0.39 is 0 Å². The number of hydrogen-bond donors (Lipinski definition) is 1. The van der Waals surface area contributed by atoms with Gasteiger partial charge in [0.1, 0.15) is 5.82 Å². The molecule has 24 heavy (non-hydrogen) atoms. The first-order valence-corrected chi connectivity index (χ1v) is 9.26. The van der Waals surface area contributed by atoms with Gasteiger partial charge in [0.15, 0.2) is 5.16 Å². The van der Waals surface area contributed by atoms with Crippen LogP contribution in [0.5, 0.6) is 0 Å². The van der Waals surface area contributed by atoms with E-state index in [1.54, 1.807) is 7.05 Å².